The predicted molar refractivity (Wildman–Crippen MR) is 63.2 cm³/mol. The number of nitrogens with zero attached hydrogens (tertiary/aromatic N) is 2. The summed E-state index contributed by atoms with van der Waals surface area (Å²) in [6, 6.07) is 4.65. The summed E-state index contributed by atoms with van der Waals surface area (Å²) in [6.07, 6.45) is 0. The highest BCUT2D eigenvalue weighted by Gasteiger charge is 2.13. The minimum absolute atomic E-state index is 0.0178. The van der Waals surface area contributed by atoms with Crippen LogP contribution in [0.1, 0.15) is 15.9 Å². The first-order valence-electron chi connectivity index (χ1n) is 4.97. The lowest BCUT2D eigenvalue weighted by atomic mass is 10.1. The third-order valence-electron chi connectivity index (χ3n) is 2.33. The number of rotatable bonds is 3. The molecule has 0 radical (unpaired) electrons. The molecule has 0 saturated heterocycles. The number of likely N-dealkylation sites (N-methyl/N-ethyl adjacent to an activating group) is 1. The number of carbonyl (C=O) groups is 1. The fourth-order valence-corrected chi connectivity index (χ4v) is 1.31. The number of hydrogen-bond acceptors (Lipinski definition) is 4. The number of phenols is 1. The summed E-state index contributed by atoms with van der Waals surface area (Å²) in [6.45, 7) is 1.76. The standard InChI is InChI=1S/C11H15N3O3/c1-7-3-4-8(5-9(7)15)11(16)14(2)6-10(12)13-17/h3-5,15,17H,6H2,1-2H3,(H2,12,13). The average Bonchev–Trinajstić information content (AvgIpc) is 2.31. The zero-order valence-electron chi connectivity index (χ0n) is 9.71. The van der Waals surface area contributed by atoms with Crippen LogP contribution in [0.4, 0.5) is 0 Å². The number of hydrogen-bond donors (Lipinski definition) is 3. The molecule has 0 aliphatic heterocycles. The van der Waals surface area contributed by atoms with E-state index in [0.717, 1.165) is 0 Å². The van der Waals surface area contributed by atoms with E-state index in [2.05, 4.69) is 5.16 Å². The summed E-state index contributed by atoms with van der Waals surface area (Å²) in [4.78, 5) is 13.2. The molecule has 0 unspecified atom stereocenters. The lowest BCUT2D eigenvalue weighted by Crippen LogP contribution is -2.35. The average molecular weight is 237 g/mol. The van der Waals surface area contributed by atoms with Gasteiger partial charge in [0.05, 0.1) is 6.54 Å². The van der Waals surface area contributed by atoms with Crippen molar-refractivity contribution >= 4 is 11.7 Å². The molecule has 92 valence electrons. The highest BCUT2D eigenvalue weighted by Crippen LogP contribution is 2.18. The molecular formula is C11H15N3O3. The van der Waals surface area contributed by atoms with Crippen LogP contribution in [0.25, 0.3) is 0 Å². The second kappa shape index (κ2) is 5.20. The van der Waals surface area contributed by atoms with Crippen LogP contribution >= 0.6 is 0 Å². The van der Waals surface area contributed by atoms with E-state index in [1.165, 1.54) is 18.0 Å². The highest BCUT2D eigenvalue weighted by molar-refractivity contribution is 5.97. The Labute approximate surface area is 99.0 Å². The van der Waals surface area contributed by atoms with Gasteiger partial charge in [0.1, 0.15) is 5.75 Å². The summed E-state index contributed by atoms with van der Waals surface area (Å²) in [5.74, 6) is -0.308. The fraction of sp³-hybridized carbons (Fsp3) is 0.273. The molecular weight excluding hydrogens is 222 g/mol. The number of benzene rings is 1. The largest absolute Gasteiger partial charge is 0.508 e. The van der Waals surface area contributed by atoms with Crippen LogP contribution in [0.3, 0.4) is 0 Å². The number of aryl methyl sites for hydroxylation is 1. The molecule has 6 heteroatoms. The summed E-state index contributed by atoms with van der Waals surface area (Å²) < 4.78 is 0. The lowest BCUT2D eigenvalue weighted by Gasteiger charge is -2.16. The molecule has 0 heterocycles. The van der Waals surface area contributed by atoms with Gasteiger partial charge in [-0.25, -0.2) is 0 Å². The number of phenolic OH excluding ortho intramolecular Hbond substituents is 1. The summed E-state index contributed by atoms with van der Waals surface area (Å²) in [5.41, 5.74) is 6.34. The quantitative estimate of drug-likeness (QED) is 0.309. The second-order valence-corrected chi connectivity index (χ2v) is 3.75. The first-order valence-corrected chi connectivity index (χ1v) is 4.97. The molecule has 6 nitrogen and oxygen atoms in total. The van der Waals surface area contributed by atoms with E-state index < -0.39 is 0 Å². The van der Waals surface area contributed by atoms with Gasteiger partial charge in [0.25, 0.3) is 5.91 Å². The van der Waals surface area contributed by atoms with Crippen molar-refractivity contribution in [3.8, 4) is 5.75 Å². The Hall–Kier alpha value is -2.24. The molecule has 0 aliphatic carbocycles. The fourth-order valence-electron chi connectivity index (χ4n) is 1.31. The Balaban J connectivity index is 2.85. The van der Waals surface area contributed by atoms with Crippen molar-refractivity contribution < 1.29 is 15.1 Å². The monoisotopic (exact) mass is 237 g/mol. The van der Waals surface area contributed by atoms with Gasteiger partial charge in [-0.3, -0.25) is 4.79 Å². The van der Waals surface area contributed by atoms with E-state index in [4.69, 9.17) is 10.9 Å². The number of carbonyl (C=O) groups excluding carboxylic acids is 1. The van der Waals surface area contributed by atoms with E-state index in [0.29, 0.717) is 11.1 Å². The van der Waals surface area contributed by atoms with E-state index in [9.17, 15) is 9.90 Å². The predicted octanol–water partition coefficient (Wildman–Crippen LogP) is 0.519. The molecule has 0 fully saturated rings. The van der Waals surface area contributed by atoms with Crippen LogP contribution < -0.4 is 5.73 Å². The van der Waals surface area contributed by atoms with Gasteiger partial charge in [0.2, 0.25) is 0 Å². The number of amidine groups is 1. The number of amides is 1. The topological polar surface area (TPSA) is 99.2 Å². The van der Waals surface area contributed by atoms with Gasteiger partial charge < -0.3 is 20.9 Å². The van der Waals surface area contributed by atoms with Crippen LogP contribution in [0.5, 0.6) is 5.75 Å². The van der Waals surface area contributed by atoms with Crippen LogP contribution in [0.2, 0.25) is 0 Å². The smallest absolute Gasteiger partial charge is 0.254 e. The zero-order valence-corrected chi connectivity index (χ0v) is 9.71. The normalized spacial score (nSPS) is 11.3. The van der Waals surface area contributed by atoms with E-state index in [1.54, 1.807) is 19.1 Å². The minimum Gasteiger partial charge on any atom is -0.508 e. The summed E-state index contributed by atoms with van der Waals surface area (Å²) >= 11 is 0. The minimum atomic E-state index is -0.313. The van der Waals surface area contributed by atoms with Crippen molar-refractivity contribution in [2.75, 3.05) is 13.6 Å². The van der Waals surface area contributed by atoms with E-state index in [1.807, 2.05) is 0 Å². The van der Waals surface area contributed by atoms with Crippen molar-refractivity contribution in [1.29, 1.82) is 0 Å². The van der Waals surface area contributed by atoms with E-state index in [-0.39, 0.29) is 24.0 Å². The maximum Gasteiger partial charge on any atom is 0.254 e. The molecule has 4 N–H and O–H groups in total. The molecule has 0 bridgehead atoms. The lowest BCUT2D eigenvalue weighted by molar-refractivity contribution is 0.0813. The maximum absolute atomic E-state index is 11.9. The molecule has 17 heavy (non-hydrogen) atoms. The third kappa shape index (κ3) is 3.10. The highest BCUT2D eigenvalue weighted by atomic mass is 16.4. The molecule has 0 aromatic heterocycles. The van der Waals surface area contributed by atoms with Crippen molar-refractivity contribution in [3.05, 3.63) is 29.3 Å². The number of nitrogens with two attached hydrogens (primary N) is 1. The van der Waals surface area contributed by atoms with Crippen LogP contribution in [0, 0.1) is 6.92 Å². The molecule has 1 aromatic rings. The van der Waals surface area contributed by atoms with Crippen molar-refractivity contribution in [3.63, 3.8) is 0 Å². The van der Waals surface area contributed by atoms with Crippen molar-refractivity contribution in [1.82, 2.24) is 4.90 Å². The number of oxime groups is 1. The molecule has 1 rings (SSSR count). The number of aromatic hydroxyl groups is 1. The molecule has 1 aromatic carbocycles. The zero-order chi connectivity index (χ0) is 13.0. The third-order valence-corrected chi connectivity index (χ3v) is 2.33. The Bertz CT molecular complexity index is 457. The van der Waals surface area contributed by atoms with Crippen LogP contribution in [-0.4, -0.2) is 40.5 Å². The van der Waals surface area contributed by atoms with Crippen LogP contribution in [-0.2, 0) is 0 Å². The van der Waals surface area contributed by atoms with Crippen molar-refractivity contribution in [2.45, 2.75) is 6.92 Å². The summed E-state index contributed by atoms with van der Waals surface area (Å²) in [5, 5.41) is 20.7. The van der Waals surface area contributed by atoms with Crippen LogP contribution in [0.15, 0.2) is 23.4 Å². The molecule has 0 spiro atoms. The van der Waals surface area contributed by atoms with Gasteiger partial charge >= 0.3 is 0 Å². The maximum atomic E-state index is 11.9. The van der Waals surface area contributed by atoms with Crippen molar-refractivity contribution in [2.24, 2.45) is 10.9 Å². The van der Waals surface area contributed by atoms with Gasteiger partial charge in [-0.15, -0.1) is 0 Å². The Morgan fingerprint density at radius 3 is 2.71 bits per heavy atom. The Kier molecular flexibility index (Phi) is 3.92. The Morgan fingerprint density at radius 2 is 2.18 bits per heavy atom. The van der Waals surface area contributed by atoms with Gasteiger partial charge in [-0.1, -0.05) is 11.2 Å². The van der Waals surface area contributed by atoms with Gasteiger partial charge in [-0.05, 0) is 24.6 Å². The summed E-state index contributed by atoms with van der Waals surface area (Å²) in [7, 11) is 1.53. The molecule has 0 saturated carbocycles. The van der Waals surface area contributed by atoms with Gasteiger partial charge in [0.15, 0.2) is 5.84 Å². The first kappa shape index (κ1) is 12.8. The Morgan fingerprint density at radius 1 is 1.53 bits per heavy atom. The molecule has 0 aliphatic rings. The van der Waals surface area contributed by atoms with Gasteiger partial charge in [0, 0.05) is 12.6 Å². The molecule has 1 amide bonds. The first-order chi connectivity index (χ1) is 7.95. The second-order valence-electron chi connectivity index (χ2n) is 3.75. The van der Waals surface area contributed by atoms with E-state index >= 15 is 0 Å². The van der Waals surface area contributed by atoms with Gasteiger partial charge in [-0.2, -0.15) is 0 Å². The molecule has 0 atom stereocenters. The SMILES string of the molecule is Cc1ccc(C(=O)N(C)CC(N)=NO)cc1O.